The molecule has 3 heteroatoms. The van der Waals surface area contributed by atoms with Crippen LogP contribution in [0.1, 0.15) is 6.92 Å². The molecule has 0 heterocycles. The molecule has 11 heavy (non-hydrogen) atoms. The first kappa shape index (κ1) is 12.3. The van der Waals surface area contributed by atoms with Gasteiger partial charge in [-0.1, -0.05) is 19.2 Å². The third-order valence-corrected chi connectivity index (χ3v) is 0.637. The van der Waals surface area contributed by atoms with Gasteiger partial charge in [0.1, 0.15) is 0 Å². The van der Waals surface area contributed by atoms with Crippen molar-refractivity contribution in [1.82, 2.24) is 0 Å². The van der Waals surface area contributed by atoms with E-state index in [9.17, 15) is 4.79 Å². The second-order valence-corrected chi connectivity index (χ2v) is 1.75. The fourth-order valence-corrected chi connectivity index (χ4v) is 0.0962. The molecule has 0 saturated heterocycles. The number of rotatable bonds is 2. The van der Waals surface area contributed by atoms with E-state index in [1.807, 2.05) is 0 Å². The molecule has 0 fully saturated rings. The molecule has 0 radical (unpaired) electrons. The smallest absolute Gasteiger partial charge is 0.330 e. The number of allylic oxidation sites excluding steroid dienone is 2. The summed E-state index contributed by atoms with van der Waals surface area (Å²) in [5, 5.41) is 7.89. The van der Waals surface area contributed by atoms with Crippen LogP contribution in [0.25, 0.3) is 0 Å². The van der Waals surface area contributed by atoms with Crippen LogP contribution in [0.15, 0.2) is 37.1 Å². The molecule has 0 saturated carbocycles. The maximum Gasteiger partial charge on any atom is 0.330 e. The zero-order chi connectivity index (χ0) is 9.28. The van der Waals surface area contributed by atoms with Gasteiger partial charge >= 0.3 is 5.97 Å². The van der Waals surface area contributed by atoms with Gasteiger partial charge in [0.05, 0.1) is 6.20 Å². The Morgan fingerprint density at radius 1 is 1.64 bits per heavy atom. The zero-order valence-electron chi connectivity index (χ0n) is 6.71. The minimum atomic E-state index is -0.935. The maximum absolute atomic E-state index is 9.60. The molecule has 0 aromatic heterocycles. The van der Waals surface area contributed by atoms with Crippen molar-refractivity contribution >= 4 is 5.97 Å². The van der Waals surface area contributed by atoms with E-state index in [-0.39, 0.29) is 5.57 Å². The SMILES string of the molecule is C=C(C)C(=O)O.C=C/C=C/[NH3+]. The van der Waals surface area contributed by atoms with Crippen molar-refractivity contribution in [3.8, 4) is 0 Å². The highest BCUT2D eigenvalue weighted by atomic mass is 16.4. The summed E-state index contributed by atoms with van der Waals surface area (Å²) < 4.78 is 0. The highest BCUT2D eigenvalue weighted by Crippen LogP contribution is 1.81. The number of carboxylic acid groups (broad SMARTS) is 1. The molecule has 62 valence electrons. The summed E-state index contributed by atoms with van der Waals surface area (Å²) in [4.78, 5) is 9.60. The molecule has 0 bridgehead atoms. The quantitative estimate of drug-likeness (QED) is 0.453. The predicted molar refractivity (Wildman–Crippen MR) is 44.7 cm³/mol. The van der Waals surface area contributed by atoms with Crippen LogP contribution in [-0.4, -0.2) is 11.1 Å². The average molecular weight is 156 g/mol. The summed E-state index contributed by atoms with van der Waals surface area (Å²) in [6.45, 7) is 8.03. The maximum atomic E-state index is 9.60. The summed E-state index contributed by atoms with van der Waals surface area (Å²) in [6.07, 6.45) is 5.15. The topological polar surface area (TPSA) is 64.9 Å². The van der Waals surface area contributed by atoms with Gasteiger partial charge in [0, 0.05) is 5.57 Å². The molecule has 4 N–H and O–H groups in total. The van der Waals surface area contributed by atoms with Crippen molar-refractivity contribution < 1.29 is 15.6 Å². The Morgan fingerprint density at radius 3 is 2.00 bits per heavy atom. The van der Waals surface area contributed by atoms with Gasteiger partial charge in [-0.15, -0.1) is 0 Å². The van der Waals surface area contributed by atoms with E-state index >= 15 is 0 Å². The summed E-state index contributed by atoms with van der Waals surface area (Å²) in [7, 11) is 0. The summed E-state index contributed by atoms with van der Waals surface area (Å²) in [5.74, 6) is -0.935. The molecule has 0 rings (SSSR count). The first-order valence-electron chi connectivity index (χ1n) is 3.01. The first-order valence-corrected chi connectivity index (χ1v) is 3.01. The van der Waals surface area contributed by atoms with Crippen LogP contribution >= 0.6 is 0 Å². The Bertz CT molecular complexity index is 159. The second kappa shape index (κ2) is 8.65. The van der Waals surface area contributed by atoms with Gasteiger partial charge in [0.2, 0.25) is 0 Å². The van der Waals surface area contributed by atoms with E-state index in [0.29, 0.717) is 0 Å². The highest BCUT2D eigenvalue weighted by molar-refractivity contribution is 5.84. The molecule has 0 unspecified atom stereocenters. The number of hydrogen-bond acceptors (Lipinski definition) is 1. The highest BCUT2D eigenvalue weighted by Gasteiger charge is 1.90. The lowest BCUT2D eigenvalue weighted by atomic mass is 10.4. The summed E-state index contributed by atoms with van der Waals surface area (Å²) in [5.41, 5.74) is 3.60. The van der Waals surface area contributed by atoms with Gasteiger partial charge in [-0.25, -0.2) is 4.79 Å². The normalized spacial score (nSPS) is 8.18. The third-order valence-electron chi connectivity index (χ3n) is 0.637. The van der Waals surface area contributed by atoms with Crippen molar-refractivity contribution in [2.24, 2.45) is 0 Å². The van der Waals surface area contributed by atoms with Gasteiger partial charge in [-0.05, 0) is 13.0 Å². The third kappa shape index (κ3) is 17.7. The Kier molecular flexibility index (Phi) is 9.70. The molecule has 0 amide bonds. The number of aliphatic carboxylic acids is 1. The number of carbonyl (C=O) groups is 1. The van der Waals surface area contributed by atoms with Crippen molar-refractivity contribution in [3.05, 3.63) is 37.1 Å². The molecule has 0 aromatic carbocycles. The molecular formula is C8H14NO2+. The molecule has 0 spiro atoms. The lowest BCUT2D eigenvalue weighted by molar-refractivity contribution is -0.274. The van der Waals surface area contributed by atoms with Gasteiger partial charge in [0.25, 0.3) is 0 Å². The molecule has 0 aliphatic heterocycles. The monoisotopic (exact) mass is 156 g/mol. The second-order valence-electron chi connectivity index (χ2n) is 1.75. The zero-order valence-corrected chi connectivity index (χ0v) is 6.71. The van der Waals surface area contributed by atoms with Gasteiger partial charge in [-0.2, -0.15) is 0 Å². The number of quaternary nitrogens is 1. The molecule has 0 aliphatic rings. The van der Waals surface area contributed by atoms with Gasteiger partial charge in [0.15, 0.2) is 0 Å². The Hall–Kier alpha value is -1.35. The summed E-state index contributed by atoms with van der Waals surface area (Å²) in [6, 6.07) is 0. The Morgan fingerprint density at radius 2 is 2.00 bits per heavy atom. The minimum Gasteiger partial charge on any atom is -0.478 e. The van der Waals surface area contributed by atoms with Crippen molar-refractivity contribution in [3.63, 3.8) is 0 Å². The van der Waals surface area contributed by atoms with Crippen LogP contribution in [0.2, 0.25) is 0 Å². The predicted octanol–water partition coefficient (Wildman–Crippen LogP) is 0.575. The fraction of sp³-hybridized carbons (Fsp3) is 0.125. The van der Waals surface area contributed by atoms with Crippen molar-refractivity contribution in [1.29, 1.82) is 0 Å². The lowest BCUT2D eigenvalue weighted by Crippen LogP contribution is -2.38. The van der Waals surface area contributed by atoms with Gasteiger partial charge < -0.3 is 10.8 Å². The van der Waals surface area contributed by atoms with E-state index in [1.165, 1.54) is 6.92 Å². The van der Waals surface area contributed by atoms with Crippen LogP contribution in [0, 0.1) is 0 Å². The van der Waals surface area contributed by atoms with Crippen LogP contribution in [0.3, 0.4) is 0 Å². The van der Waals surface area contributed by atoms with E-state index in [1.54, 1.807) is 18.4 Å². The molecule has 0 atom stereocenters. The van der Waals surface area contributed by atoms with Crippen LogP contribution in [0.4, 0.5) is 0 Å². The van der Waals surface area contributed by atoms with E-state index < -0.39 is 5.97 Å². The van der Waals surface area contributed by atoms with E-state index in [4.69, 9.17) is 5.11 Å². The van der Waals surface area contributed by atoms with Crippen molar-refractivity contribution in [2.75, 3.05) is 0 Å². The van der Waals surface area contributed by atoms with Crippen LogP contribution in [-0.2, 0) is 4.79 Å². The average Bonchev–Trinajstić information content (AvgIpc) is 1.90. The lowest BCUT2D eigenvalue weighted by Gasteiger charge is -1.79. The molecule has 0 aromatic rings. The van der Waals surface area contributed by atoms with Crippen LogP contribution in [0.5, 0.6) is 0 Å². The number of carboxylic acids is 1. The Balaban J connectivity index is 0. The number of hydrogen-bond donors (Lipinski definition) is 2. The molecular weight excluding hydrogens is 142 g/mol. The van der Waals surface area contributed by atoms with Crippen LogP contribution < -0.4 is 5.73 Å². The largest absolute Gasteiger partial charge is 0.478 e. The summed E-state index contributed by atoms with van der Waals surface area (Å²) >= 11 is 0. The Labute approximate surface area is 66.5 Å². The standard InChI is InChI=1S/C4H7N.C4H6O2/c1-2-3-4-5;1-3(2)4(5)6/h2-4H,1,5H2;1H2,2H3,(H,5,6)/p+1/b4-3+;. The molecule has 3 nitrogen and oxygen atoms in total. The van der Waals surface area contributed by atoms with Gasteiger partial charge in [-0.3, -0.25) is 0 Å². The fourth-order valence-electron chi connectivity index (χ4n) is 0.0962. The van der Waals surface area contributed by atoms with E-state index in [2.05, 4.69) is 18.9 Å². The molecule has 0 aliphatic carbocycles. The van der Waals surface area contributed by atoms with E-state index in [0.717, 1.165) is 0 Å². The van der Waals surface area contributed by atoms with Crippen molar-refractivity contribution in [2.45, 2.75) is 6.92 Å². The first-order chi connectivity index (χ1) is 5.06. The minimum absolute atomic E-state index is 0.176.